The number of azo groups is 1. The van der Waals surface area contributed by atoms with E-state index in [0.717, 1.165) is 59.0 Å². The number of benzene rings is 2. The van der Waals surface area contributed by atoms with Crippen molar-refractivity contribution in [3.63, 3.8) is 0 Å². The number of carbonyl (C=O) groups excluding carboxylic acids is 1. The summed E-state index contributed by atoms with van der Waals surface area (Å²) in [4.78, 5) is 20.1. The number of unbranched alkanes of at least 4 members (excludes halogenated alkanes) is 1. The van der Waals surface area contributed by atoms with Gasteiger partial charge in [-0.15, -0.1) is 10.2 Å². The van der Waals surface area contributed by atoms with E-state index in [2.05, 4.69) is 46.1 Å². The van der Waals surface area contributed by atoms with Gasteiger partial charge in [0.15, 0.2) is 0 Å². The number of aryl methyl sites for hydroxylation is 1. The summed E-state index contributed by atoms with van der Waals surface area (Å²) in [5.41, 5.74) is 5.76. The Hall–Kier alpha value is -4.60. The second kappa shape index (κ2) is 13.6. The maximum atomic E-state index is 12.4. The Labute approximate surface area is 244 Å². The van der Waals surface area contributed by atoms with Crippen LogP contribution in [0.5, 0.6) is 0 Å². The van der Waals surface area contributed by atoms with Crippen LogP contribution >= 0.6 is 11.3 Å². The molecule has 0 saturated heterocycles. The normalized spacial score (nSPS) is 12.8. The predicted molar refractivity (Wildman–Crippen MR) is 162 cm³/mol. The van der Waals surface area contributed by atoms with Gasteiger partial charge in [0.25, 0.3) is 0 Å². The number of fused-ring (bicyclic) bond motifs is 1. The van der Waals surface area contributed by atoms with Crippen molar-refractivity contribution in [2.75, 3.05) is 24.6 Å². The van der Waals surface area contributed by atoms with Gasteiger partial charge in [-0.25, -0.2) is 9.78 Å². The van der Waals surface area contributed by atoms with Crippen LogP contribution in [-0.4, -0.2) is 30.6 Å². The molecule has 0 N–H and O–H groups in total. The van der Waals surface area contributed by atoms with Gasteiger partial charge in [0.05, 0.1) is 39.6 Å². The first-order chi connectivity index (χ1) is 19.9. The highest BCUT2D eigenvalue weighted by atomic mass is 32.1. The van der Waals surface area contributed by atoms with Gasteiger partial charge in [-0.1, -0.05) is 30.7 Å². The van der Waals surface area contributed by atoms with Gasteiger partial charge in [-0.3, -0.25) is 0 Å². The number of thiazole rings is 1. The van der Waals surface area contributed by atoms with E-state index in [-0.39, 0.29) is 5.57 Å². The number of nitrogens with zero attached hydrogens (tertiary/aromatic N) is 6. The molecule has 2 aromatic carbocycles. The zero-order chi connectivity index (χ0) is 29.4. The molecule has 0 unspecified atom stereocenters. The smallest absolute Gasteiger partial charge is 0.338 e. The van der Waals surface area contributed by atoms with Crippen LogP contribution in [0.25, 0.3) is 11.6 Å². The third-order valence-corrected chi connectivity index (χ3v) is 7.79. The van der Waals surface area contributed by atoms with Gasteiger partial charge in [0, 0.05) is 25.2 Å². The molecule has 0 atom stereocenters. The summed E-state index contributed by atoms with van der Waals surface area (Å²) >= 11 is 1.40. The van der Waals surface area contributed by atoms with Gasteiger partial charge in [-0.05, 0) is 86.4 Å². The second-order valence-electron chi connectivity index (χ2n) is 9.54. The monoisotopic (exact) mass is 564 g/mol. The average Bonchev–Trinajstić information content (AvgIpc) is 3.55. The van der Waals surface area contributed by atoms with Gasteiger partial charge in [-0.2, -0.15) is 10.5 Å². The number of esters is 1. The summed E-state index contributed by atoms with van der Waals surface area (Å²) in [6, 6.07) is 17.4. The molecule has 4 rings (SSSR count). The van der Waals surface area contributed by atoms with Crippen LogP contribution in [0.1, 0.15) is 65.7 Å². The molecule has 8 nitrogen and oxygen atoms in total. The number of aromatic nitrogens is 1. The zero-order valence-electron chi connectivity index (χ0n) is 23.8. The van der Waals surface area contributed by atoms with E-state index in [1.807, 2.05) is 44.2 Å². The molecule has 0 bridgehead atoms. The summed E-state index contributed by atoms with van der Waals surface area (Å²) in [6.45, 7) is 10.4. The van der Waals surface area contributed by atoms with E-state index in [1.165, 1.54) is 11.3 Å². The zero-order valence-corrected chi connectivity index (χ0v) is 24.6. The molecule has 0 aliphatic heterocycles. The Morgan fingerprint density at radius 3 is 2.39 bits per heavy atom. The summed E-state index contributed by atoms with van der Waals surface area (Å²) in [5, 5.41) is 29.3. The Morgan fingerprint density at radius 1 is 1.05 bits per heavy atom. The van der Waals surface area contributed by atoms with E-state index >= 15 is 0 Å². The molecule has 208 valence electrons. The largest absolute Gasteiger partial charge is 0.462 e. The molecular weight excluding hydrogens is 532 g/mol. The van der Waals surface area contributed by atoms with Crippen molar-refractivity contribution in [1.29, 1.82) is 10.5 Å². The van der Waals surface area contributed by atoms with Crippen LogP contribution in [0.4, 0.5) is 16.5 Å². The first-order valence-corrected chi connectivity index (χ1v) is 14.5. The Balaban J connectivity index is 1.53. The molecule has 0 saturated carbocycles. The fourth-order valence-corrected chi connectivity index (χ4v) is 5.48. The average molecular weight is 565 g/mol. The van der Waals surface area contributed by atoms with Crippen LogP contribution in [0.2, 0.25) is 0 Å². The lowest BCUT2D eigenvalue weighted by Crippen LogP contribution is -2.21. The fraction of sp³-hybridized carbons (Fsp3) is 0.312. The first kappa shape index (κ1) is 29.4. The topological polar surface area (TPSA) is 115 Å². The number of hydrogen-bond donors (Lipinski definition) is 0. The number of carbonyl (C=O) groups is 1. The SMILES string of the molecule is CCCCOC(=O)c1ccc(/C(C#N)=C(\C#N)C2=Cc3sc(/N=N/c4ccc(N(CC)CC)cc4)nc3C2)c(C)c1. The molecule has 9 heteroatoms. The number of rotatable bonds is 11. The molecule has 41 heavy (non-hydrogen) atoms. The highest BCUT2D eigenvalue weighted by Crippen LogP contribution is 2.39. The summed E-state index contributed by atoms with van der Waals surface area (Å²) in [5.74, 6) is -0.394. The molecule has 0 fully saturated rings. The quantitative estimate of drug-likeness (QED) is 0.101. The predicted octanol–water partition coefficient (Wildman–Crippen LogP) is 8.11. The van der Waals surface area contributed by atoms with Gasteiger partial charge >= 0.3 is 5.97 Å². The van der Waals surface area contributed by atoms with Crippen LogP contribution in [0.3, 0.4) is 0 Å². The third kappa shape index (κ3) is 6.77. The van der Waals surface area contributed by atoms with Crippen LogP contribution in [0.15, 0.2) is 63.8 Å². The van der Waals surface area contributed by atoms with Crippen molar-refractivity contribution >= 4 is 45.5 Å². The fourth-order valence-electron chi connectivity index (χ4n) is 4.61. The molecule has 1 aliphatic carbocycles. The lowest BCUT2D eigenvalue weighted by Gasteiger charge is -2.20. The molecule has 1 aromatic heterocycles. The van der Waals surface area contributed by atoms with E-state index in [9.17, 15) is 15.3 Å². The first-order valence-electron chi connectivity index (χ1n) is 13.7. The second-order valence-corrected chi connectivity index (χ2v) is 10.5. The minimum atomic E-state index is -0.394. The number of anilines is 1. The minimum absolute atomic E-state index is 0.269. The van der Waals surface area contributed by atoms with Gasteiger partial charge in [0.2, 0.25) is 5.13 Å². The summed E-state index contributed by atoms with van der Waals surface area (Å²) < 4.78 is 5.30. The van der Waals surface area contributed by atoms with Crippen molar-refractivity contribution in [3.8, 4) is 12.1 Å². The number of ether oxygens (including phenoxy) is 1. The highest BCUT2D eigenvalue weighted by molar-refractivity contribution is 7.16. The molecule has 1 heterocycles. The van der Waals surface area contributed by atoms with Crippen molar-refractivity contribution in [1.82, 2.24) is 4.98 Å². The highest BCUT2D eigenvalue weighted by Gasteiger charge is 2.24. The van der Waals surface area contributed by atoms with Crippen molar-refractivity contribution in [3.05, 3.63) is 80.9 Å². The lowest BCUT2D eigenvalue weighted by atomic mass is 9.92. The van der Waals surface area contributed by atoms with E-state index in [0.29, 0.717) is 34.9 Å². The lowest BCUT2D eigenvalue weighted by molar-refractivity contribution is 0.0499. The third-order valence-electron chi connectivity index (χ3n) is 6.87. The molecular formula is C32H32N6O2S. The van der Waals surface area contributed by atoms with E-state index in [4.69, 9.17) is 4.74 Å². The number of hydrogen-bond acceptors (Lipinski definition) is 9. The molecule has 3 aromatic rings. The standard InChI is InChI=1S/C32H32N6O2S/c1-5-8-15-40-31(39)22-9-14-26(21(4)16-22)28(20-34)27(19-33)23-17-29-30(18-23)41-32(35-29)37-36-24-10-12-25(13-11-24)38(6-2)7-3/h9-14,16,18H,5-8,15,17H2,1-4H3/b28-27+,37-36+. The summed E-state index contributed by atoms with van der Waals surface area (Å²) in [7, 11) is 0. The Kier molecular flexibility index (Phi) is 9.78. The summed E-state index contributed by atoms with van der Waals surface area (Å²) in [6.07, 6.45) is 4.07. The van der Waals surface area contributed by atoms with Crippen molar-refractivity contribution in [2.45, 2.75) is 47.0 Å². The molecule has 1 aliphatic rings. The maximum Gasteiger partial charge on any atom is 0.338 e. The Bertz CT molecular complexity index is 1600. The number of nitriles is 2. The molecule has 0 spiro atoms. The van der Waals surface area contributed by atoms with Crippen molar-refractivity contribution < 1.29 is 9.53 Å². The maximum absolute atomic E-state index is 12.4. The molecule has 0 amide bonds. The van der Waals surface area contributed by atoms with Crippen molar-refractivity contribution in [2.24, 2.45) is 10.2 Å². The van der Waals surface area contributed by atoms with Crippen LogP contribution in [-0.2, 0) is 11.2 Å². The Morgan fingerprint density at radius 2 is 1.78 bits per heavy atom. The number of allylic oxidation sites excluding steroid dienone is 3. The molecule has 0 radical (unpaired) electrons. The van der Waals surface area contributed by atoms with E-state index in [1.54, 1.807) is 18.2 Å². The van der Waals surface area contributed by atoms with Crippen LogP contribution in [0, 0.1) is 29.6 Å². The van der Waals surface area contributed by atoms with Crippen LogP contribution < -0.4 is 4.90 Å². The van der Waals surface area contributed by atoms with E-state index < -0.39 is 5.97 Å². The van der Waals surface area contributed by atoms with Gasteiger partial charge in [0.1, 0.15) is 12.1 Å². The minimum Gasteiger partial charge on any atom is -0.462 e. The van der Waals surface area contributed by atoms with Gasteiger partial charge < -0.3 is 9.64 Å².